The first kappa shape index (κ1) is 18.5. The van der Waals surface area contributed by atoms with Gasteiger partial charge in [-0.1, -0.05) is 30.3 Å². The van der Waals surface area contributed by atoms with E-state index < -0.39 is 11.4 Å². The summed E-state index contributed by atoms with van der Waals surface area (Å²) in [5, 5.41) is 18.5. The minimum Gasteiger partial charge on any atom is -0.489 e. The van der Waals surface area contributed by atoms with Gasteiger partial charge in [-0.2, -0.15) is 5.26 Å². The van der Waals surface area contributed by atoms with Gasteiger partial charge in [0.2, 0.25) is 0 Å². The first-order valence-electron chi connectivity index (χ1n) is 6.90. The third-order valence-corrected chi connectivity index (χ3v) is 3.55. The van der Waals surface area contributed by atoms with E-state index in [4.69, 9.17) is 10.00 Å². The maximum Gasteiger partial charge on any atom is 0.313 e. The van der Waals surface area contributed by atoms with Crippen molar-refractivity contribution in [2.24, 2.45) is 0 Å². The molecule has 0 aliphatic heterocycles. The summed E-state index contributed by atoms with van der Waals surface area (Å²) in [5.41, 5.74) is 0.760. The number of halogens is 1. The van der Waals surface area contributed by atoms with E-state index in [1.54, 1.807) is 32.0 Å². The number of hydrogen-bond acceptors (Lipinski definition) is 3. The Morgan fingerprint density at radius 2 is 1.87 bits per heavy atom. The standard InChI is InChI=1S/C18H17NO3.ClH/c1-18(2,17(20)21)15-10-14(11-19)8-9-16(15)22-12-13-6-4-3-5-7-13;/h3-10H,12H2,1-2H3,(H,20,21);1H. The van der Waals surface area contributed by atoms with E-state index in [9.17, 15) is 9.90 Å². The van der Waals surface area contributed by atoms with Crippen LogP contribution in [0.1, 0.15) is 30.5 Å². The zero-order chi connectivity index (χ0) is 16.2. The van der Waals surface area contributed by atoms with Crippen LogP contribution in [0.3, 0.4) is 0 Å². The Morgan fingerprint density at radius 1 is 1.22 bits per heavy atom. The Balaban J connectivity index is 0.00000264. The van der Waals surface area contributed by atoms with Gasteiger partial charge in [0.15, 0.2) is 0 Å². The Bertz CT molecular complexity index is 721. The molecule has 0 saturated carbocycles. The number of carbonyl (C=O) groups is 1. The summed E-state index contributed by atoms with van der Waals surface area (Å²) in [6, 6.07) is 16.5. The largest absolute Gasteiger partial charge is 0.489 e. The first-order chi connectivity index (χ1) is 10.4. The minimum atomic E-state index is -1.14. The predicted octanol–water partition coefficient (Wildman–Crippen LogP) is 3.92. The van der Waals surface area contributed by atoms with Gasteiger partial charge in [0.05, 0.1) is 17.0 Å². The van der Waals surface area contributed by atoms with Crippen LogP contribution in [0.2, 0.25) is 0 Å². The summed E-state index contributed by atoms with van der Waals surface area (Å²) in [4.78, 5) is 11.5. The highest BCUT2D eigenvalue weighted by Gasteiger charge is 2.33. The summed E-state index contributed by atoms with van der Waals surface area (Å²) in [6.45, 7) is 3.54. The van der Waals surface area contributed by atoms with Crippen molar-refractivity contribution in [2.75, 3.05) is 0 Å². The zero-order valence-corrected chi connectivity index (χ0v) is 13.8. The van der Waals surface area contributed by atoms with Crippen molar-refractivity contribution >= 4 is 18.4 Å². The molecular formula is C18H18ClNO3. The lowest BCUT2D eigenvalue weighted by Crippen LogP contribution is -2.29. The number of carboxylic acid groups (broad SMARTS) is 1. The number of ether oxygens (including phenoxy) is 1. The fourth-order valence-electron chi connectivity index (χ4n) is 2.06. The lowest BCUT2D eigenvalue weighted by molar-refractivity contribution is -0.142. The van der Waals surface area contributed by atoms with Crippen LogP contribution in [0, 0.1) is 11.3 Å². The number of carboxylic acids is 1. The predicted molar refractivity (Wildman–Crippen MR) is 89.8 cm³/mol. The van der Waals surface area contributed by atoms with E-state index in [1.165, 1.54) is 0 Å². The molecule has 0 amide bonds. The fourth-order valence-corrected chi connectivity index (χ4v) is 2.06. The lowest BCUT2D eigenvalue weighted by atomic mass is 9.83. The molecule has 1 N–H and O–H groups in total. The molecule has 0 spiro atoms. The average molecular weight is 332 g/mol. The molecule has 120 valence electrons. The molecule has 0 unspecified atom stereocenters. The van der Waals surface area contributed by atoms with E-state index >= 15 is 0 Å². The number of benzene rings is 2. The maximum atomic E-state index is 11.5. The lowest BCUT2D eigenvalue weighted by Gasteiger charge is -2.23. The van der Waals surface area contributed by atoms with Gasteiger partial charge in [0.25, 0.3) is 0 Å². The highest BCUT2D eigenvalue weighted by atomic mass is 35.5. The van der Waals surface area contributed by atoms with Crippen LogP contribution in [0.25, 0.3) is 0 Å². The van der Waals surface area contributed by atoms with Crippen LogP contribution in [0.4, 0.5) is 0 Å². The third kappa shape index (κ3) is 4.24. The number of aliphatic carboxylic acids is 1. The molecule has 0 fully saturated rings. The van der Waals surface area contributed by atoms with Gasteiger partial charge in [-0.25, -0.2) is 0 Å². The summed E-state index contributed by atoms with van der Waals surface area (Å²) in [6.07, 6.45) is 0. The van der Waals surface area contributed by atoms with Crippen molar-refractivity contribution in [2.45, 2.75) is 25.9 Å². The van der Waals surface area contributed by atoms with Crippen molar-refractivity contribution in [3.05, 3.63) is 65.2 Å². The van der Waals surface area contributed by atoms with Crippen LogP contribution in [-0.2, 0) is 16.8 Å². The van der Waals surface area contributed by atoms with Gasteiger partial charge >= 0.3 is 5.97 Å². The summed E-state index contributed by atoms with van der Waals surface area (Å²) < 4.78 is 5.79. The molecule has 4 nitrogen and oxygen atoms in total. The molecule has 0 atom stereocenters. The van der Waals surface area contributed by atoms with Crippen LogP contribution in [0.5, 0.6) is 5.75 Å². The van der Waals surface area contributed by atoms with Crippen molar-refractivity contribution in [3.8, 4) is 11.8 Å². The topological polar surface area (TPSA) is 70.3 Å². The molecular weight excluding hydrogens is 314 g/mol. The highest BCUT2D eigenvalue weighted by molar-refractivity contribution is 5.85. The smallest absolute Gasteiger partial charge is 0.313 e. The molecule has 5 heteroatoms. The van der Waals surface area contributed by atoms with Crippen LogP contribution < -0.4 is 4.74 Å². The molecule has 0 aliphatic carbocycles. The molecule has 0 saturated heterocycles. The number of nitrogens with zero attached hydrogens (tertiary/aromatic N) is 1. The quantitative estimate of drug-likeness (QED) is 0.901. The highest BCUT2D eigenvalue weighted by Crippen LogP contribution is 2.33. The third-order valence-electron chi connectivity index (χ3n) is 3.55. The maximum absolute atomic E-state index is 11.5. The van der Waals surface area contributed by atoms with Crippen molar-refractivity contribution in [3.63, 3.8) is 0 Å². The SMILES string of the molecule is CC(C)(C(=O)O)c1cc(C#N)ccc1OCc1ccccc1.Cl. The van der Waals surface area contributed by atoms with Crippen molar-refractivity contribution in [1.29, 1.82) is 5.26 Å². The summed E-state index contributed by atoms with van der Waals surface area (Å²) >= 11 is 0. The Kier molecular flexibility index (Phi) is 6.18. The average Bonchev–Trinajstić information content (AvgIpc) is 2.53. The Labute approximate surface area is 141 Å². The second-order valence-electron chi connectivity index (χ2n) is 5.53. The molecule has 2 rings (SSSR count). The second kappa shape index (κ2) is 7.66. The van der Waals surface area contributed by atoms with E-state index in [1.807, 2.05) is 36.4 Å². The molecule has 2 aromatic rings. The summed E-state index contributed by atoms with van der Waals surface area (Å²) in [5.74, 6) is -0.484. The molecule has 23 heavy (non-hydrogen) atoms. The first-order valence-corrected chi connectivity index (χ1v) is 6.90. The van der Waals surface area contributed by atoms with Crippen molar-refractivity contribution in [1.82, 2.24) is 0 Å². The molecule has 0 aromatic heterocycles. The van der Waals surface area contributed by atoms with E-state index in [2.05, 4.69) is 0 Å². The number of nitriles is 1. The molecule has 2 aromatic carbocycles. The van der Waals surface area contributed by atoms with E-state index in [0.29, 0.717) is 23.5 Å². The number of rotatable bonds is 5. The number of hydrogen-bond donors (Lipinski definition) is 1. The van der Waals surface area contributed by atoms with Gasteiger partial charge in [-0.15, -0.1) is 12.4 Å². The molecule has 0 radical (unpaired) electrons. The van der Waals surface area contributed by atoms with E-state index in [-0.39, 0.29) is 12.4 Å². The van der Waals surface area contributed by atoms with E-state index in [0.717, 1.165) is 5.56 Å². The normalized spacial score (nSPS) is 10.3. The zero-order valence-electron chi connectivity index (χ0n) is 12.9. The van der Waals surface area contributed by atoms with Gasteiger partial charge in [0.1, 0.15) is 12.4 Å². The summed E-state index contributed by atoms with van der Waals surface area (Å²) in [7, 11) is 0. The Hall–Kier alpha value is -2.51. The molecule has 0 aliphatic rings. The van der Waals surface area contributed by atoms with Gasteiger partial charge < -0.3 is 9.84 Å². The second-order valence-corrected chi connectivity index (χ2v) is 5.53. The Morgan fingerprint density at radius 3 is 2.43 bits per heavy atom. The fraction of sp³-hybridized carbons (Fsp3) is 0.222. The van der Waals surface area contributed by atoms with Gasteiger partial charge in [-0.05, 0) is 37.6 Å². The molecule has 0 heterocycles. The van der Waals surface area contributed by atoms with Crippen LogP contribution in [-0.4, -0.2) is 11.1 Å². The van der Waals surface area contributed by atoms with Gasteiger partial charge in [0, 0.05) is 5.56 Å². The minimum absolute atomic E-state index is 0. The monoisotopic (exact) mass is 331 g/mol. The van der Waals surface area contributed by atoms with Crippen molar-refractivity contribution < 1.29 is 14.6 Å². The van der Waals surface area contributed by atoms with Crippen LogP contribution in [0.15, 0.2) is 48.5 Å². The van der Waals surface area contributed by atoms with Crippen LogP contribution >= 0.6 is 12.4 Å². The van der Waals surface area contributed by atoms with Gasteiger partial charge in [-0.3, -0.25) is 4.79 Å². The molecule has 0 bridgehead atoms.